The highest BCUT2D eigenvalue weighted by Crippen LogP contribution is 2.23. The van der Waals surface area contributed by atoms with Crippen molar-refractivity contribution in [1.82, 2.24) is 14.9 Å². The molecular formula is C18H28N4O3. The summed E-state index contributed by atoms with van der Waals surface area (Å²) in [7, 11) is 1.67. The maximum atomic E-state index is 12.1. The average Bonchev–Trinajstić information content (AvgIpc) is 2.99. The van der Waals surface area contributed by atoms with Crippen molar-refractivity contribution in [2.75, 3.05) is 58.0 Å². The molecule has 3 heterocycles. The summed E-state index contributed by atoms with van der Waals surface area (Å²) in [6.45, 7) is 7.28. The Kier molecular flexibility index (Phi) is 6.20. The number of hydrogen-bond donors (Lipinski definition) is 0. The van der Waals surface area contributed by atoms with E-state index in [0.29, 0.717) is 25.5 Å². The summed E-state index contributed by atoms with van der Waals surface area (Å²) in [6, 6.07) is 2.09. The minimum atomic E-state index is 0.222. The molecule has 3 rings (SSSR count). The zero-order valence-electron chi connectivity index (χ0n) is 15.2. The zero-order chi connectivity index (χ0) is 17.6. The second kappa shape index (κ2) is 8.58. The van der Waals surface area contributed by atoms with Crippen molar-refractivity contribution in [1.29, 1.82) is 0 Å². The van der Waals surface area contributed by atoms with Crippen LogP contribution in [0, 0.1) is 5.92 Å². The summed E-state index contributed by atoms with van der Waals surface area (Å²) >= 11 is 0. The summed E-state index contributed by atoms with van der Waals surface area (Å²) in [5.74, 6) is 1.35. The van der Waals surface area contributed by atoms with Gasteiger partial charge < -0.3 is 19.3 Å². The first-order valence-corrected chi connectivity index (χ1v) is 9.15. The first-order valence-electron chi connectivity index (χ1n) is 9.15. The van der Waals surface area contributed by atoms with E-state index in [1.165, 1.54) is 0 Å². The van der Waals surface area contributed by atoms with E-state index in [4.69, 9.17) is 14.5 Å². The molecule has 25 heavy (non-hydrogen) atoms. The van der Waals surface area contributed by atoms with Crippen LogP contribution in [0.4, 0.5) is 5.95 Å². The molecular weight excluding hydrogens is 320 g/mol. The van der Waals surface area contributed by atoms with E-state index in [-0.39, 0.29) is 5.91 Å². The normalized spacial score (nSPS) is 21.2. The number of ether oxygens (including phenoxy) is 2. The number of hydrogen-bond acceptors (Lipinski definition) is 6. The van der Waals surface area contributed by atoms with E-state index >= 15 is 0 Å². The predicted octanol–water partition coefficient (Wildman–Crippen LogP) is 0.913. The van der Waals surface area contributed by atoms with Gasteiger partial charge in [0.25, 0.3) is 0 Å². The van der Waals surface area contributed by atoms with Crippen LogP contribution in [0.25, 0.3) is 0 Å². The van der Waals surface area contributed by atoms with Gasteiger partial charge in [0, 0.05) is 51.1 Å². The Morgan fingerprint density at radius 1 is 1.28 bits per heavy atom. The lowest BCUT2D eigenvalue weighted by Gasteiger charge is -2.27. The number of anilines is 1. The van der Waals surface area contributed by atoms with Crippen molar-refractivity contribution < 1.29 is 14.3 Å². The van der Waals surface area contributed by atoms with Crippen LogP contribution >= 0.6 is 0 Å². The number of carbonyl (C=O) groups is 1. The molecule has 1 amide bonds. The largest absolute Gasteiger partial charge is 0.383 e. The quantitative estimate of drug-likeness (QED) is 0.730. The smallest absolute Gasteiger partial charge is 0.225 e. The highest BCUT2D eigenvalue weighted by atomic mass is 16.5. The fourth-order valence-electron chi connectivity index (χ4n) is 3.43. The summed E-state index contributed by atoms with van der Waals surface area (Å²) in [5, 5.41) is 0. The summed E-state index contributed by atoms with van der Waals surface area (Å²) in [5.41, 5.74) is 2.10. The van der Waals surface area contributed by atoms with Gasteiger partial charge in [-0.05, 0) is 24.8 Å². The summed E-state index contributed by atoms with van der Waals surface area (Å²) < 4.78 is 10.5. The number of methoxy groups -OCH3 is 1. The van der Waals surface area contributed by atoms with E-state index in [1.54, 1.807) is 7.11 Å². The zero-order valence-corrected chi connectivity index (χ0v) is 15.2. The van der Waals surface area contributed by atoms with Gasteiger partial charge in [-0.1, -0.05) is 6.92 Å². The number of rotatable bonds is 7. The minimum Gasteiger partial charge on any atom is -0.383 e. The lowest BCUT2D eigenvalue weighted by molar-refractivity contribution is -0.128. The van der Waals surface area contributed by atoms with Crippen molar-refractivity contribution in [3.8, 4) is 0 Å². The minimum absolute atomic E-state index is 0.222. The van der Waals surface area contributed by atoms with Crippen LogP contribution in [-0.2, 0) is 27.1 Å². The highest BCUT2D eigenvalue weighted by molar-refractivity contribution is 5.78. The molecule has 0 radical (unpaired) electrons. The third-order valence-electron chi connectivity index (χ3n) is 4.83. The molecule has 7 nitrogen and oxygen atoms in total. The molecule has 0 saturated carbocycles. The molecule has 0 aliphatic carbocycles. The number of aryl methyl sites for hydroxylation is 1. The molecule has 0 aromatic carbocycles. The second-order valence-corrected chi connectivity index (χ2v) is 6.71. The SMILES string of the molecule is CCc1cc(C[C@@H]2CC(=O)N(CCOC)C2)nc(N2CCOCC2)n1. The first-order chi connectivity index (χ1) is 12.2. The third kappa shape index (κ3) is 4.67. The molecule has 1 atom stereocenters. The van der Waals surface area contributed by atoms with Crippen molar-refractivity contribution in [2.24, 2.45) is 5.92 Å². The Morgan fingerprint density at radius 3 is 2.76 bits per heavy atom. The topological polar surface area (TPSA) is 67.8 Å². The van der Waals surface area contributed by atoms with E-state index < -0.39 is 0 Å². The Bertz CT molecular complexity index is 590. The third-order valence-corrected chi connectivity index (χ3v) is 4.83. The van der Waals surface area contributed by atoms with Gasteiger partial charge in [0.1, 0.15) is 0 Å². The number of likely N-dealkylation sites (tertiary alicyclic amines) is 1. The molecule has 1 aromatic heterocycles. The molecule has 1 aromatic rings. The lowest BCUT2D eigenvalue weighted by atomic mass is 10.0. The molecule has 7 heteroatoms. The fourth-order valence-corrected chi connectivity index (χ4v) is 3.43. The number of amides is 1. The summed E-state index contributed by atoms with van der Waals surface area (Å²) in [4.78, 5) is 25.7. The van der Waals surface area contributed by atoms with Gasteiger partial charge in [0.2, 0.25) is 11.9 Å². The number of nitrogens with zero attached hydrogens (tertiary/aromatic N) is 4. The van der Waals surface area contributed by atoms with Crippen LogP contribution in [0.3, 0.4) is 0 Å². The van der Waals surface area contributed by atoms with Gasteiger partial charge in [0.15, 0.2) is 0 Å². The van der Waals surface area contributed by atoms with Crippen LogP contribution < -0.4 is 4.90 Å². The van der Waals surface area contributed by atoms with Crippen LogP contribution in [-0.4, -0.2) is 73.9 Å². The molecule has 2 aliphatic rings. The van der Waals surface area contributed by atoms with Gasteiger partial charge >= 0.3 is 0 Å². The Hall–Kier alpha value is -1.73. The number of carbonyl (C=O) groups excluding carboxylic acids is 1. The molecule has 0 N–H and O–H groups in total. The Balaban J connectivity index is 1.68. The average molecular weight is 348 g/mol. The van der Waals surface area contributed by atoms with Gasteiger partial charge in [-0.3, -0.25) is 4.79 Å². The van der Waals surface area contributed by atoms with Gasteiger partial charge in [-0.25, -0.2) is 9.97 Å². The van der Waals surface area contributed by atoms with Crippen LogP contribution in [0.15, 0.2) is 6.07 Å². The number of morpholine rings is 1. The highest BCUT2D eigenvalue weighted by Gasteiger charge is 2.29. The first kappa shape index (κ1) is 18.1. The molecule has 138 valence electrons. The van der Waals surface area contributed by atoms with Crippen molar-refractivity contribution in [2.45, 2.75) is 26.2 Å². The lowest BCUT2D eigenvalue weighted by Crippen LogP contribution is -2.37. The van der Waals surface area contributed by atoms with E-state index in [0.717, 1.165) is 63.0 Å². The standard InChI is InChI=1S/C18H28N4O3/c1-3-15-12-16(20-18(19-15)21-5-8-25-9-6-21)10-14-11-17(23)22(13-14)4-7-24-2/h12,14H,3-11,13H2,1-2H3/t14-/m1/s1. The predicted molar refractivity (Wildman–Crippen MR) is 94.7 cm³/mol. The molecule has 0 unspecified atom stereocenters. The molecule has 2 aliphatic heterocycles. The maximum Gasteiger partial charge on any atom is 0.225 e. The molecule has 2 saturated heterocycles. The van der Waals surface area contributed by atoms with E-state index in [1.807, 2.05) is 4.90 Å². The molecule has 2 fully saturated rings. The van der Waals surface area contributed by atoms with Gasteiger partial charge in [-0.2, -0.15) is 0 Å². The second-order valence-electron chi connectivity index (χ2n) is 6.71. The van der Waals surface area contributed by atoms with Crippen LogP contribution in [0.1, 0.15) is 24.7 Å². The number of aromatic nitrogens is 2. The maximum absolute atomic E-state index is 12.1. The van der Waals surface area contributed by atoms with Gasteiger partial charge in [0.05, 0.1) is 19.8 Å². The van der Waals surface area contributed by atoms with Gasteiger partial charge in [-0.15, -0.1) is 0 Å². The monoisotopic (exact) mass is 348 g/mol. The van der Waals surface area contributed by atoms with Crippen molar-refractivity contribution in [3.63, 3.8) is 0 Å². The Labute approximate surface area is 149 Å². The van der Waals surface area contributed by atoms with E-state index in [9.17, 15) is 4.79 Å². The molecule has 0 spiro atoms. The summed E-state index contributed by atoms with van der Waals surface area (Å²) in [6.07, 6.45) is 2.31. The molecule has 0 bridgehead atoms. The van der Waals surface area contributed by atoms with Crippen LogP contribution in [0.5, 0.6) is 0 Å². The van der Waals surface area contributed by atoms with Crippen molar-refractivity contribution in [3.05, 3.63) is 17.5 Å². The van der Waals surface area contributed by atoms with Crippen LogP contribution in [0.2, 0.25) is 0 Å². The van der Waals surface area contributed by atoms with Crippen molar-refractivity contribution >= 4 is 11.9 Å². The fraction of sp³-hybridized carbons (Fsp3) is 0.722. The van der Waals surface area contributed by atoms with E-state index in [2.05, 4.69) is 22.9 Å². The Morgan fingerprint density at radius 2 is 2.04 bits per heavy atom.